The molecule has 0 atom stereocenters. The van der Waals surface area contributed by atoms with E-state index >= 15 is 0 Å². The van der Waals surface area contributed by atoms with Crippen molar-refractivity contribution in [2.45, 2.75) is 6.92 Å². The molecule has 27 heavy (non-hydrogen) atoms. The van der Waals surface area contributed by atoms with Crippen molar-refractivity contribution in [3.63, 3.8) is 0 Å². The van der Waals surface area contributed by atoms with Crippen molar-refractivity contribution in [2.75, 3.05) is 18.5 Å². The molecule has 0 radical (unpaired) electrons. The average molecular weight is 427 g/mol. The van der Waals surface area contributed by atoms with Crippen LogP contribution >= 0.6 is 15.9 Å². The molecule has 1 N–H and O–H groups in total. The highest BCUT2D eigenvalue weighted by Gasteiger charge is 2.10. The van der Waals surface area contributed by atoms with Gasteiger partial charge < -0.3 is 14.8 Å². The van der Waals surface area contributed by atoms with Crippen LogP contribution in [-0.4, -0.2) is 19.1 Å². The van der Waals surface area contributed by atoms with E-state index in [1.54, 1.807) is 48.5 Å². The van der Waals surface area contributed by atoms with E-state index in [2.05, 4.69) is 27.8 Å². The Morgan fingerprint density at radius 3 is 2.59 bits per heavy atom. The number of anilines is 1. The predicted octanol–water partition coefficient (Wildman–Crippen LogP) is 4.96. The fourth-order valence-electron chi connectivity index (χ4n) is 2.19. The number of rotatable bonds is 8. The summed E-state index contributed by atoms with van der Waals surface area (Å²) < 4.78 is 11.6. The largest absolute Gasteiger partial charge is 0.494 e. The van der Waals surface area contributed by atoms with E-state index in [1.807, 2.05) is 13.0 Å². The molecule has 0 aliphatic carbocycles. The molecule has 2 aromatic rings. The van der Waals surface area contributed by atoms with Crippen molar-refractivity contribution in [1.29, 1.82) is 5.26 Å². The van der Waals surface area contributed by atoms with Crippen LogP contribution in [0.5, 0.6) is 11.5 Å². The molecule has 0 aromatic heterocycles. The number of ether oxygens (including phenoxy) is 2. The molecule has 0 saturated heterocycles. The number of nitrogens with one attached hydrogen (secondary N) is 1. The molecule has 0 heterocycles. The van der Waals surface area contributed by atoms with E-state index in [0.29, 0.717) is 30.2 Å². The van der Waals surface area contributed by atoms with Crippen molar-refractivity contribution in [2.24, 2.45) is 0 Å². The van der Waals surface area contributed by atoms with Crippen LogP contribution in [0.1, 0.15) is 12.5 Å². The van der Waals surface area contributed by atoms with Gasteiger partial charge in [0.2, 0.25) is 0 Å². The highest BCUT2D eigenvalue weighted by Crippen LogP contribution is 2.27. The van der Waals surface area contributed by atoms with Gasteiger partial charge >= 0.3 is 0 Å². The summed E-state index contributed by atoms with van der Waals surface area (Å²) in [7, 11) is 0. The monoisotopic (exact) mass is 426 g/mol. The second kappa shape index (κ2) is 10.2. The van der Waals surface area contributed by atoms with Crippen LogP contribution in [0.25, 0.3) is 6.08 Å². The molecule has 0 aliphatic rings. The Balaban J connectivity index is 2.12. The minimum Gasteiger partial charge on any atom is -0.494 e. The Bertz CT molecular complexity index is 883. The van der Waals surface area contributed by atoms with Gasteiger partial charge in [0, 0.05) is 5.69 Å². The number of benzene rings is 2. The Morgan fingerprint density at radius 2 is 2.00 bits per heavy atom. The average Bonchev–Trinajstić information content (AvgIpc) is 2.67. The van der Waals surface area contributed by atoms with Crippen molar-refractivity contribution < 1.29 is 14.3 Å². The summed E-state index contributed by atoms with van der Waals surface area (Å²) in [6.45, 7) is 6.46. The zero-order valence-electron chi connectivity index (χ0n) is 14.9. The number of halogens is 1. The van der Waals surface area contributed by atoms with Crippen molar-refractivity contribution in [3.8, 4) is 17.6 Å². The second-order valence-electron chi connectivity index (χ2n) is 5.37. The van der Waals surface area contributed by atoms with Crippen molar-refractivity contribution >= 4 is 33.6 Å². The first-order valence-corrected chi connectivity index (χ1v) is 9.06. The molecular weight excluding hydrogens is 408 g/mol. The molecule has 0 aliphatic heterocycles. The summed E-state index contributed by atoms with van der Waals surface area (Å²) in [5.74, 6) is 0.893. The maximum absolute atomic E-state index is 12.4. The van der Waals surface area contributed by atoms with E-state index in [9.17, 15) is 10.1 Å². The van der Waals surface area contributed by atoms with Gasteiger partial charge in [0.15, 0.2) is 0 Å². The standard InChI is InChI=1S/C21H19BrN2O3/c1-3-11-27-20-10-5-15(13-19(20)22)12-16(14-23)21(25)24-17-6-8-18(9-7-17)26-4-2/h3,5-10,12-13H,1,4,11H2,2H3,(H,24,25)/b16-12-. The summed E-state index contributed by atoms with van der Waals surface area (Å²) in [6, 6.07) is 14.2. The van der Waals surface area contributed by atoms with Crippen LogP contribution in [-0.2, 0) is 4.79 Å². The number of amides is 1. The summed E-state index contributed by atoms with van der Waals surface area (Å²) >= 11 is 3.42. The molecule has 0 fully saturated rings. The number of carbonyl (C=O) groups excluding carboxylic acids is 1. The summed E-state index contributed by atoms with van der Waals surface area (Å²) in [6.07, 6.45) is 3.17. The van der Waals surface area contributed by atoms with E-state index < -0.39 is 5.91 Å². The molecule has 2 aromatic carbocycles. The van der Waals surface area contributed by atoms with Crippen LogP contribution in [0.3, 0.4) is 0 Å². The van der Waals surface area contributed by atoms with Gasteiger partial charge in [-0.2, -0.15) is 5.26 Å². The maximum Gasteiger partial charge on any atom is 0.266 e. The lowest BCUT2D eigenvalue weighted by Gasteiger charge is -2.08. The Labute approximate surface area is 167 Å². The third-order valence-corrected chi connectivity index (χ3v) is 4.03. The number of carbonyl (C=O) groups is 1. The van der Waals surface area contributed by atoms with Crippen LogP contribution in [0.15, 0.2) is 65.2 Å². The SMILES string of the molecule is C=CCOc1ccc(/C=C(/C#N)C(=O)Nc2ccc(OCC)cc2)cc1Br. The lowest BCUT2D eigenvalue weighted by atomic mass is 10.1. The fourth-order valence-corrected chi connectivity index (χ4v) is 2.70. The van der Waals surface area contributed by atoms with Crippen molar-refractivity contribution in [1.82, 2.24) is 0 Å². The molecule has 5 nitrogen and oxygen atoms in total. The quantitative estimate of drug-likeness (QED) is 0.367. The van der Waals surface area contributed by atoms with Gasteiger partial charge in [-0.1, -0.05) is 18.7 Å². The number of nitriles is 1. The van der Waals surface area contributed by atoms with E-state index in [0.717, 1.165) is 10.2 Å². The Hall–Kier alpha value is -3.04. The fraction of sp³-hybridized carbons (Fsp3) is 0.143. The Kier molecular flexibility index (Phi) is 7.65. The van der Waals surface area contributed by atoms with Gasteiger partial charge in [0.05, 0.1) is 11.1 Å². The summed E-state index contributed by atoms with van der Waals surface area (Å²) in [4.78, 5) is 12.4. The van der Waals surface area contributed by atoms with Gasteiger partial charge in [0.25, 0.3) is 5.91 Å². The van der Waals surface area contributed by atoms with Gasteiger partial charge in [-0.3, -0.25) is 4.79 Å². The topological polar surface area (TPSA) is 71.3 Å². The molecule has 0 bridgehead atoms. The van der Waals surface area contributed by atoms with Gasteiger partial charge in [-0.25, -0.2) is 0 Å². The lowest BCUT2D eigenvalue weighted by Crippen LogP contribution is -2.13. The second-order valence-corrected chi connectivity index (χ2v) is 6.23. The maximum atomic E-state index is 12.4. The zero-order valence-corrected chi connectivity index (χ0v) is 16.5. The molecule has 2 rings (SSSR count). The molecule has 1 amide bonds. The van der Waals surface area contributed by atoms with Gasteiger partial charge in [-0.05, 0) is 70.9 Å². The number of hydrogen-bond donors (Lipinski definition) is 1. The van der Waals surface area contributed by atoms with E-state index in [1.165, 1.54) is 6.08 Å². The number of hydrogen-bond acceptors (Lipinski definition) is 4. The van der Waals surface area contributed by atoms with Crippen LogP contribution in [0, 0.1) is 11.3 Å². The normalized spacial score (nSPS) is 10.6. The summed E-state index contributed by atoms with van der Waals surface area (Å²) in [5.41, 5.74) is 1.28. The van der Waals surface area contributed by atoms with Gasteiger partial charge in [-0.15, -0.1) is 0 Å². The minimum atomic E-state index is -0.482. The molecular formula is C21H19BrN2O3. The van der Waals surface area contributed by atoms with Crippen LogP contribution in [0.2, 0.25) is 0 Å². The van der Waals surface area contributed by atoms with Gasteiger partial charge in [0.1, 0.15) is 29.7 Å². The summed E-state index contributed by atoms with van der Waals surface area (Å²) in [5, 5.41) is 12.0. The molecule has 0 spiro atoms. The van der Waals surface area contributed by atoms with Crippen LogP contribution < -0.4 is 14.8 Å². The first kappa shape index (κ1) is 20.3. The first-order valence-electron chi connectivity index (χ1n) is 8.26. The van der Waals surface area contributed by atoms with Crippen LogP contribution in [0.4, 0.5) is 5.69 Å². The van der Waals surface area contributed by atoms with E-state index in [4.69, 9.17) is 9.47 Å². The molecule has 138 valence electrons. The predicted molar refractivity (Wildman–Crippen MR) is 110 cm³/mol. The highest BCUT2D eigenvalue weighted by molar-refractivity contribution is 9.10. The third-order valence-electron chi connectivity index (χ3n) is 3.41. The minimum absolute atomic E-state index is 0.00413. The third kappa shape index (κ3) is 6.01. The molecule has 0 saturated carbocycles. The van der Waals surface area contributed by atoms with E-state index in [-0.39, 0.29) is 5.57 Å². The Morgan fingerprint density at radius 1 is 1.26 bits per heavy atom. The lowest BCUT2D eigenvalue weighted by molar-refractivity contribution is -0.112. The zero-order chi connectivity index (χ0) is 19.6. The smallest absolute Gasteiger partial charge is 0.266 e. The van der Waals surface area contributed by atoms with Crippen molar-refractivity contribution in [3.05, 3.63) is 70.7 Å². The first-order chi connectivity index (χ1) is 13.1. The molecule has 0 unspecified atom stereocenters. The number of nitrogens with zero attached hydrogens (tertiary/aromatic N) is 1. The highest BCUT2D eigenvalue weighted by atomic mass is 79.9. The molecule has 6 heteroatoms.